The zero-order chi connectivity index (χ0) is 15.9. The lowest BCUT2D eigenvalue weighted by Crippen LogP contribution is -2.42. The molecule has 1 fully saturated rings. The monoisotopic (exact) mass is 302 g/mol. The first kappa shape index (κ1) is 16.5. The van der Waals surface area contributed by atoms with Crippen LogP contribution in [0.1, 0.15) is 57.6 Å². The SMILES string of the molecule is CC(=O)N[C@@H](CC(=O)N[C@@H]1CCCC[C@@H]1C)c1ccccc1. The quantitative estimate of drug-likeness (QED) is 0.878. The number of nitrogens with one attached hydrogen (secondary N) is 2. The molecule has 0 unspecified atom stereocenters. The van der Waals surface area contributed by atoms with Gasteiger partial charge in [-0.25, -0.2) is 0 Å². The summed E-state index contributed by atoms with van der Waals surface area (Å²) in [6.45, 7) is 3.68. The maximum Gasteiger partial charge on any atom is 0.222 e. The molecule has 1 aromatic rings. The molecule has 2 amide bonds. The van der Waals surface area contributed by atoms with Crippen LogP contribution < -0.4 is 10.6 Å². The highest BCUT2D eigenvalue weighted by Gasteiger charge is 2.24. The van der Waals surface area contributed by atoms with Crippen LogP contribution in [-0.4, -0.2) is 17.9 Å². The second-order valence-corrected chi connectivity index (χ2v) is 6.30. The molecule has 4 heteroatoms. The van der Waals surface area contributed by atoms with Gasteiger partial charge in [-0.15, -0.1) is 0 Å². The first-order valence-electron chi connectivity index (χ1n) is 8.17. The molecule has 0 saturated heterocycles. The van der Waals surface area contributed by atoms with E-state index >= 15 is 0 Å². The van der Waals surface area contributed by atoms with Crippen molar-refractivity contribution in [1.82, 2.24) is 10.6 Å². The molecule has 0 aromatic heterocycles. The van der Waals surface area contributed by atoms with E-state index in [9.17, 15) is 9.59 Å². The summed E-state index contributed by atoms with van der Waals surface area (Å²) in [6, 6.07) is 9.66. The van der Waals surface area contributed by atoms with E-state index in [4.69, 9.17) is 0 Å². The minimum Gasteiger partial charge on any atom is -0.353 e. The van der Waals surface area contributed by atoms with Gasteiger partial charge in [-0.3, -0.25) is 9.59 Å². The summed E-state index contributed by atoms with van der Waals surface area (Å²) in [6.07, 6.45) is 4.96. The first-order chi connectivity index (χ1) is 10.6. The number of benzene rings is 1. The van der Waals surface area contributed by atoms with Crippen molar-refractivity contribution in [3.63, 3.8) is 0 Å². The summed E-state index contributed by atoms with van der Waals surface area (Å²) in [5.74, 6) is 0.433. The molecule has 0 spiro atoms. The van der Waals surface area contributed by atoms with Crippen molar-refractivity contribution < 1.29 is 9.59 Å². The molecule has 2 N–H and O–H groups in total. The molecule has 0 bridgehead atoms. The van der Waals surface area contributed by atoms with Crippen molar-refractivity contribution in [1.29, 1.82) is 0 Å². The summed E-state index contributed by atoms with van der Waals surface area (Å²) in [5.41, 5.74) is 0.963. The van der Waals surface area contributed by atoms with Gasteiger partial charge in [0.15, 0.2) is 0 Å². The molecular formula is C18H26N2O2. The van der Waals surface area contributed by atoms with Crippen molar-refractivity contribution in [3.8, 4) is 0 Å². The molecule has 0 radical (unpaired) electrons. The Morgan fingerprint density at radius 2 is 1.86 bits per heavy atom. The van der Waals surface area contributed by atoms with Crippen LogP contribution in [0.15, 0.2) is 30.3 Å². The second-order valence-electron chi connectivity index (χ2n) is 6.30. The molecule has 22 heavy (non-hydrogen) atoms. The number of rotatable bonds is 5. The summed E-state index contributed by atoms with van der Waals surface area (Å²) in [7, 11) is 0. The van der Waals surface area contributed by atoms with Crippen molar-refractivity contribution in [2.24, 2.45) is 5.92 Å². The van der Waals surface area contributed by atoms with E-state index in [1.807, 2.05) is 30.3 Å². The van der Waals surface area contributed by atoms with E-state index in [1.165, 1.54) is 26.2 Å². The van der Waals surface area contributed by atoms with E-state index in [1.54, 1.807) is 0 Å². The van der Waals surface area contributed by atoms with Crippen LogP contribution in [0.3, 0.4) is 0 Å². The smallest absolute Gasteiger partial charge is 0.222 e. The topological polar surface area (TPSA) is 58.2 Å². The number of carbonyl (C=O) groups is 2. The number of amides is 2. The highest BCUT2D eigenvalue weighted by molar-refractivity contribution is 5.79. The number of hydrogen-bond donors (Lipinski definition) is 2. The largest absolute Gasteiger partial charge is 0.353 e. The highest BCUT2D eigenvalue weighted by atomic mass is 16.2. The van der Waals surface area contributed by atoms with Gasteiger partial charge in [-0.2, -0.15) is 0 Å². The van der Waals surface area contributed by atoms with Gasteiger partial charge < -0.3 is 10.6 Å². The van der Waals surface area contributed by atoms with E-state index in [2.05, 4.69) is 17.6 Å². The molecule has 4 nitrogen and oxygen atoms in total. The van der Waals surface area contributed by atoms with Crippen molar-refractivity contribution in [3.05, 3.63) is 35.9 Å². The van der Waals surface area contributed by atoms with Crippen molar-refractivity contribution in [2.45, 2.75) is 58.0 Å². The van der Waals surface area contributed by atoms with Crippen molar-refractivity contribution in [2.75, 3.05) is 0 Å². The van der Waals surface area contributed by atoms with Gasteiger partial charge in [0.1, 0.15) is 0 Å². The minimum atomic E-state index is -0.266. The summed E-state index contributed by atoms with van der Waals surface area (Å²) in [5, 5.41) is 6.03. The summed E-state index contributed by atoms with van der Waals surface area (Å²) < 4.78 is 0. The van der Waals surface area contributed by atoms with Crippen LogP contribution >= 0.6 is 0 Å². The van der Waals surface area contributed by atoms with E-state index < -0.39 is 0 Å². The lowest BCUT2D eigenvalue weighted by molar-refractivity contribution is -0.123. The average molecular weight is 302 g/mol. The maximum atomic E-state index is 12.4. The molecule has 1 aromatic carbocycles. The fourth-order valence-electron chi connectivity index (χ4n) is 3.16. The van der Waals surface area contributed by atoms with Gasteiger partial charge in [0, 0.05) is 13.0 Å². The van der Waals surface area contributed by atoms with Gasteiger partial charge in [-0.05, 0) is 24.3 Å². The molecule has 0 heterocycles. The third-order valence-electron chi connectivity index (χ3n) is 4.43. The Hall–Kier alpha value is -1.84. The Morgan fingerprint density at radius 1 is 1.18 bits per heavy atom. The van der Waals surface area contributed by atoms with Gasteiger partial charge in [0.05, 0.1) is 12.5 Å². The molecule has 1 saturated carbocycles. The minimum absolute atomic E-state index is 0.0151. The zero-order valence-corrected chi connectivity index (χ0v) is 13.5. The predicted octanol–water partition coefficient (Wildman–Crippen LogP) is 2.95. The number of hydrogen-bond acceptors (Lipinski definition) is 2. The van der Waals surface area contributed by atoms with Crippen LogP contribution in [0.5, 0.6) is 0 Å². The fraction of sp³-hybridized carbons (Fsp3) is 0.556. The van der Waals surface area contributed by atoms with E-state index in [-0.39, 0.29) is 30.3 Å². The predicted molar refractivity (Wildman–Crippen MR) is 87.2 cm³/mol. The van der Waals surface area contributed by atoms with Gasteiger partial charge in [0.25, 0.3) is 0 Å². The third kappa shape index (κ3) is 4.86. The Balaban J connectivity index is 1.97. The third-order valence-corrected chi connectivity index (χ3v) is 4.43. The molecule has 0 aliphatic heterocycles. The average Bonchev–Trinajstić information content (AvgIpc) is 2.49. The number of carbonyl (C=O) groups excluding carboxylic acids is 2. The summed E-state index contributed by atoms with van der Waals surface area (Å²) in [4.78, 5) is 23.8. The normalized spacial score (nSPS) is 22.6. The van der Waals surface area contributed by atoms with Crippen LogP contribution in [0.2, 0.25) is 0 Å². The van der Waals surface area contributed by atoms with Crippen LogP contribution in [-0.2, 0) is 9.59 Å². The Kier molecular flexibility index (Phi) is 5.99. The molecule has 1 aliphatic rings. The summed E-state index contributed by atoms with van der Waals surface area (Å²) >= 11 is 0. The van der Waals surface area contributed by atoms with Crippen LogP contribution in [0, 0.1) is 5.92 Å². The fourth-order valence-corrected chi connectivity index (χ4v) is 3.16. The lowest BCUT2D eigenvalue weighted by Gasteiger charge is -2.30. The Bertz CT molecular complexity index is 501. The molecule has 120 valence electrons. The molecule has 1 aliphatic carbocycles. The highest BCUT2D eigenvalue weighted by Crippen LogP contribution is 2.24. The van der Waals surface area contributed by atoms with Crippen LogP contribution in [0.25, 0.3) is 0 Å². The Labute approximate surface area is 132 Å². The van der Waals surface area contributed by atoms with Gasteiger partial charge >= 0.3 is 0 Å². The standard InChI is InChI=1S/C18H26N2O2/c1-13-8-6-7-11-16(13)20-18(22)12-17(19-14(2)21)15-9-4-3-5-10-15/h3-5,9-10,13,16-17H,6-8,11-12H2,1-2H3,(H,19,21)(H,20,22)/t13-,16+,17-/m0/s1. The van der Waals surface area contributed by atoms with Gasteiger partial charge in [-0.1, -0.05) is 50.1 Å². The zero-order valence-electron chi connectivity index (χ0n) is 13.5. The molecular weight excluding hydrogens is 276 g/mol. The first-order valence-corrected chi connectivity index (χ1v) is 8.17. The molecule has 3 atom stereocenters. The van der Waals surface area contributed by atoms with E-state index in [0.717, 1.165) is 12.0 Å². The lowest BCUT2D eigenvalue weighted by atomic mass is 9.86. The second kappa shape index (κ2) is 7.97. The van der Waals surface area contributed by atoms with Gasteiger partial charge in [0.2, 0.25) is 11.8 Å². The van der Waals surface area contributed by atoms with Crippen LogP contribution in [0.4, 0.5) is 0 Å². The van der Waals surface area contributed by atoms with E-state index in [0.29, 0.717) is 5.92 Å². The van der Waals surface area contributed by atoms with Crippen molar-refractivity contribution >= 4 is 11.8 Å². The molecule has 2 rings (SSSR count). The Morgan fingerprint density at radius 3 is 2.50 bits per heavy atom. The maximum absolute atomic E-state index is 12.4.